The summed E-state index contributed by atoms with van der Waals surface area (Å²) in [5.41, 5.74) is 2.58. The van der Waals surface area contributed by atoms with E-state index in [1.165, 1.54) is 49.7 Å². The minimum absolute atomic E-state index is 0. The number of hydrogen-bond donors (Lipinski definition) is 0. The maximum Gasteiger partial charge on any atom is 1.00 e. The van der Waals surface area contributed by atoms with Gasteiger partial charge in [0, 0.05) is 18.8 Å². The molecule has 1 rings (SSSR count). The van der Waals surface area contributed by atoms with Crippen LogP contribution in [0.15, 0.2) is 24.3 Å². The predicted octanol–water partition coefficient (Wildman–Crippen LogP) is 2.78. The van der Waals surface area contributed by atoms with Crippen molar-refractivity contribution in [3.8, 4) is 0 Å². The summed E-state index contributed by atoms with van der Waals surface area (Å²) in [6.07, 6.45) is 8.90. The molecule has 0 aliphatic heterocycles. The van der Waals surface area contributed by atoms with Crippen LogP contribution >= 0.6 is 0 Å². The van der Waals surface area contributed by atoms with Crippen LogP contribution in [-0.4, -0.2) is 13.2 Å². The third-order valence-electron chi connectivity index (χ3n) is 3.74. The van der Waals surface area contributed by atoms with Gasteiger partial charge < -0.3 is 10.9 Å². The van der Waals surface area contributed by atoms with E-state index >= 15 is 0 Å². The van der Waals surface area contributed by atoms with Crippen molar-refractivity contribution in [2.75, 3.05) is 13.2 Å². The second kappa shape index (κ2) is 14.7. The van der Waals surface area contributed by atoms with Gasteiger partial charge >= 0.3 is 29.6 Å². The van der Waals surface area contributed by atoms with Crippen molar-refractivity contribution in [3.05, 3.63) is 35.4 Å². The van der Waals surface area contributed by atoms with Gasteiger partial charge in [0.15, 0.2) is 6.29 Å². The van der Waals surface area contributed by atoms with Crippen molar-refractivity contribution in [2.45, 2.75) is 72.0 Å². The van der Waals surface area contributed by atoms with Gasteiger partial charge in [-0.2, -0.15) is 0 Å². The van der Waals surface area contributed by atoms with Gasteiger partial charge in [-0.1, -0.05) is 63.3 Å². The van der Waals surface area contributed by atoms with E-state index in [1.807, 2.05) is 13.8 Å². The zero-order valence-corrected chi connectivity index (χ0v) is 17.1. The summed E-state index contributed by atoms with van der Waals surface area (Å²) in [4.78, 5) is 0. The molecule has 0 aliphatic rings. The first-order valence-electron chi connectivity index (χ1n) is 8.64. The minimum atomic E-state index is -0.212. The Balaban J connectivity index is 0. The second-order valence-electron chi connectivity index (χ2n) is 5.46. The van der Waals surface area contributed by atoms with Crippen LogP contribution in [0.25, 0.3) is 0 Å². The number of ether oxygens (including phenoxy) is 2. The average molecular weight is 316 g/mol. The van der Waals surface area contributed by atoms with Gasteiger partial charge in [-0.3, -0.25) is 0 Å². The van der Waals surface area contributed by atoms with Gasteiger partial charge in [-0.25, -0.2) is 0 Å². The largest absolute Gasteiger partial charge is 1.00 e. The molecule has 0 N–H and O–H groups in total. The van der Waals surface area contributed by atoms with Crippen LogP contribution in [0.5, 0.6) is 0 Å². The standard InChI is InChI=1S/C19H32O2.Na.H/c1-4-7-8-9-10-11-14-17-15-12-13-16-18(17)19(20-5-2)21-6-3;;/h12-13,15-16,19H,4-11,14H2,1-3H3;;/q;+1;-1. The Morgan fingerprint density at radius 3 is 2.09 bits per heavy atom. The van der Waals surface area contributed by atoms with Crippen LogP contribution in [0.4, 0.5) is 0 Å². The van der Waals surface area contributed by atoms with Crippen molar-refractivity contribution >= 4 is 0 Å². The Hall–Kier alpha value is 0.140. The summed E-state index contributed by atoms with van der Waals surface area (Å²) in [6, 6.07) is 8.55. The first kappa shape index (κ1) is 22.1. The predicted molar refractivity (Wildman–Crippen MR) is 90.6 cm³/mol. The second-order valence-corrected chi connectivity index (χ2v) is 5.46. The van der Waals surface area contributed by atoms with Gasteiger partial charge in [-0.05, 0) is 32.3 Å². The molecular weight excluding hydrogens is 283 g/mol. The molecule has 0 aliphatic carbocycles. The van der Waals surface area contributed by atoms with Crippen LogP contribution < -0.4 is 29.6 Å². The summed E-state index contributed by atoms with van der Waals surface area (Å²) in [7, 11) is 0. The third-order valence-corrected chi connectivity index (χ3v) is 3.74. The first-order valence-corrected chi connectivity index (χ1v) is 8.64. The molecule has 2 nitrogen and oxygen atoms in total. The fourth-order valence-corrected chi connectivity index (χ4v) is 2.62. The molecule has 1 aromatic carbocycles. The maximum atomic E-state index is 5.75. The van der Waals surface area contributed by atoms with Crippen molar-refractivity contribution < 1.29 is 40.5 Å². The van der Waals surface area contributed by atoms with Crippen LogP contribution in [-0.2, 0) is 15.9 Å². The van der Waals surface area contributed by atoms with Crippen molar-refractivity contribution in [1.82, 2.24) is 0 Å². The van der Waals surface area contributed by atoms with E-state index in [1.54, 1.807) is 0 Å². The van der Waals surface area contributed by atoms with Gasteiger partial charge in [0.05, 0.1) is 0 Å². The van der Waals surface area contributed by atoms with E-state index in [0.29, 0.717) is 13.2 Å². The molecule has 0 bridgehead atoms. The molecule has 122 valence electrons. The van der Waals surface area contributed by atoms with E-state index < -0.39 is 0 Å². The van der Waals surface area contributed by atoms with Crippen LogP contribution in [0.3, 0.4) is 0 Å². The Kier molecular flexibility index (Phi) is 14.8. The summed E-state index contributed by atoms with van der Waals surface area (Å²) in [6.45, 7) is 7.65. The molecule has 0 fully saturated rings. The van der Waals surface area contributed by atoms with Crippen molar-refractivity contribution in [1.29, 1.82) is 0 Å². The van der Waals surface area contributed by atoms with E-state index in [4.69, 9.17) is 9.47 Å². The molecule has 0 saturated heterocycles. The number of hydrogen-bond acceptors (Lipinski definition) is 2. The fraction of sp³-hybridized carbons (Fsp3) is 0.684. The number of unbranched alkanes of at least 4 members (excludes halogenated alkanes) is 5. The summed E-state index contributed by atoms with van der Waals surface area (Å²) in [5.74, 6) is 0. The monoisotopic (exact) mass is 316 g/mol. The average Bonchev–Trinajstić information content (AvgIpc) is 2.51. The topological polar surface area (TPSA) is 18.5 Å². The Morgan fingerprint density at radius 1 is 0.864 bits per heavy atom. The van der Waals surface area contributed by atoms with E-state index in [9.17, 15) is 0 Å². The summed E-state index contributed by atoms with van der Waals surface area (Å²) < 4.78 is 11.5. The molecule has 22 heavy (non-hydrogen) atoms. The first-order chi connectivity index (χ1) is 10.3. The Bertz CT molecular complexity index is 368. The molecule has 0 aromatic heterocycles. The number of aryl methyl sites for hydroxylation is 1. The molecule has 0 amide bonds. The molecule has 3 heteroatoms. The third kappa shape index (κ3) is 8.69. The van der Waals surface area contributed by atoms with E-state index in [2.05, 4.69) is 31.2 Å². The van der Waals surface area contributed by atoms with Gasteiger partial charge in [-0.15, -0.1) is 0 Å². The SMILES string of the molecule is CCCCCCCCc1ccccc1C(OCC)OCC.[H-].[Na+]. The Morgan fingerprint density at radius 2 is 1.45 bits per heavy atom. The fourth-order valence-electron chi connectivity index (χ4n) is 2.62. The van der Waals surface area contributed by atoms with Crippen molar-refractivity contribution in [2.24, 2.45) is 0 Å². The molecular formula is C19H33NaO2. The van der Waals surface area contributed by atoms with Crippen LogP contribution in [0.1, 0.15) is 78.1 Å². The van der Waals surface area contributed by atoms with Gasteiger partial charge in [0.2, 0.25) is 0 Å². The molecule has 0 saturated carbocycles. The van der Waals surface area contributed by atoms with Crippen molar-refractivity contribution in [3.63, 3.8) is 0 Å². The minimum Gasteiger partial charge on any atom is -1.00 e. The molecule has 1 aromatic rings. The summed E-state index contributed by atoms with van der Waals surface area (Å²) >= 11 is 0. The van der Waals surface area contributed by atoms with E-state index in [-0.39, 0.29) is 37.3 Å². The smallest absolute Gasteiger partial charge is 1.00 e. The Labute approximate surface area is 160 Å². The van der Waals surface area contributed by atoms with Crippen LogP contribution in [0.2, 0.25) is 0 Å². The zero-order chi connectivity index (χ0) is 15.3. The van der Waals surface area contributed by atoms with Gasteiger partial charge in [0.1, 0.15) is 0 Å². The molecule has 0 unspecified atom stereocenters. The maximum absolute atomic E-state index is 5.75. The number of rotatable bonds is 12. The molecule has 0 spiro atoms. The quantitative estimate of drug-likeness (QED) is 0.335. The normalized spacial score (nSPS) is 10.7. The molecule has 0 atom stereocenters. The molecule has 0 radical (unpaired) electrons. The molecule has 0 heterocycles. The van der Waals surface area contributed by atoms with Crippen LogP contribution in [0, 0.1) is 0 Å². The number of benzene rings is 1. The van der Waals surface area contributed by atoms with Gasteiger partial charge in [0.25, 0.3) is 0 Å². The summed E-state index contributed by atoms with van der Waals surface area (Å²) in [5, 5.41) is 0. The zero-order valence-electron chi connectivity index (χ0n) is 16.1. The van der Waals surface area contributed by atoms with E-state index in [0.717, 1.165) is 6.42 Å².